The van der Waals surface area contributed by atoms with E-state index in [4.69, 9.17) is 43.1 Å². The van der Waals surface area contributed by atoms with Crippen molar-refractivity contribution < 1.29 is 0 Å². The number of nitrogens with zero attached hydrogens (tertiary/aromatic N) is 6. The summed E-state index contributed by atoms with van der Waals surface area (Å²) in [6.45, 7) is 26.8. The van der Waals surface area contributed by atoms with Crippen LogP contribution in [0.5, 0.6) is 0 Å². The van der Waals surface area contributed by atoms with Crippen LogP contribution in [0.15, 0.2) is 158 Å². The number of hydrogen-bond donors (Lipinski definition) is 0. The van der Waals surface area contributed by atoms with E-state index in [0.717, 1.165) is 100 Å². The molecule has 0 unspecified atom stereocenters. The maximum absolute atomic E-state index is 7.42. The van der Waals surface area contributed by atoms with Crippen molar-refractivity contribution in [3.05, 3.63) is 191 Å². The minimum Gasteiger partial charge on any atom is -0.305 e. The molecule has 5 aromatic carbocycles. The second kappa shape index (κ2) is 17.8. The molecule has 0 fully saturated rings. The highest BCUT2D eigenvalue weighted by molar-refractivity contribution is 6.37. The van der Waals surface area contributed by atoms with Crippen molar-refractivity contribution in [3.63, 3.8) is 0 Å². The van der Waals surface area contributed by atoms with E-state index in [0.29, 0.717) is 10.0 Å². The van der Waals surface area contributed by atoms with Gasteiger partial charge < -0.3 is 9.13 Å². The fraction of sp³-hybridized carbons (Fsp3) is 0.242. The molecule has 370 valence electrons. The smallest absolute Gasteiger partial charge is 0.0726 e. The molecule has 0 bridgehead atoms. The molecule has 0 radical (unpaired) electrons. The Balaban J connectivity index is 1.12. The van der Waals surface area contributed by atoms with Crippen molar-refractivity contribution >= 4 is 66.8 Å². The lowest BCUT2D eigenvalue weighted by molar-refractivity contribution is 0.590. The maximum Gasteiger partial charge on any atom is 0.0726 e. The molecule has 0 N–H and O–H groups in total. The first-order valence-corrected chi connectivity index (χ1v) is 26.3. The predicted molar refractivity (Wildman–Crippen MR) is 313 cm³/mol. The molecule has 6 heterocycles. The molecule has 0 aliphatic carbocycles. The summed E-state index contributed by atoms with van der Waals surface area (Å²) in [5.41, 5.74) is 18.0. The van der Waals surface area contributed by atoms with Crippen molar-refractivity contribution in [1.82, 2.24) is 29.1 Å². The largest absolute Gasteiger partial charge is 0.305 e. The van der Waals surface area contributed by atoms with Gasteiger partial charge in [0.2, 0.25) is 0 Å². The first-order chi connectivity index (χ1) is 35.0. The summed E-state index contributed by atoms with van der Waals surface area (Å²) in [6.07, 6.45) is 7.85. The van der Waals surface area contributed by atoms with Crippen LogP contribution < -0.4 is 0 Å². The molecule has 0 spiro atoms. The topological polar surface area (TPSA) is 61.4 Å². The number of aromatic nitrogens is 6. The van der Waals surface area contributed by atoms with Crippen LogP contribution in [0.3, 0.4) is 0 Å². The molecule has 0 saturated carbocycles. The van der Waals surface area contributed by atoms with E-state index in [1.807, 2.05) is 30.9 Å². The minimum absolute atomic E-state index is 0.0322. The normalized spacial score (nSPS) is 12.7. The van der Waals surface area contributed by atoms with Crippen molar-refractivity contribution in [2.24, 2.45) is 0 Å². The van der Waals surface area contributed by atoms with Gasteiger partial charge in [0.05, 0.1) is 91.0 Å². The number of benzene rings is 5. The number of fused-ring (bicyclic) bond motifs is 6. The van der Waals surface area contributed by atoms with Gasteiger partial charge >= 0.3 is 0 Å². The number of halogens is 2. The van der Waals surface area contributed by atoms with E-state index in [1.54, 1.807) is 0 Å². The van der Waals surface area contributed by atoms with Crippen molar-refractivity contribution in [2.45, 2.75) is 105 Å². The molecule has 0 saturated heterocycles. The van der Waals surface area contributed by atoms with E-state index in [-0.39, 0.29) is 21.7 Å². The van der Waals surface area contributed by atoms with Crippen LogP contribution in [-0.2, 0) is 21.7 Å². The fourth-order valence-corrected chi connectivity index (χ4v) is 10.8. The standard InChI is InChI=1S/C66H62Cl2N6/c1-63(2,3)43-21-13-39(14-22-43)53-29-47-48-30-54(40-15-23-44(24-16-40)64(4,5)6)70-36-60(48)73(59(47)35-69-53)57-34-58(52(68)33-51(57)67)74-61-37-71-55(41-17-25-45(26-18-41)65(7,8)9)31-49(61)50-32-56(72-38-62(50)74)42-19-27-46(28-20-42)66(10,11)12/h13-38H,1-12H3. The second-order valence-corrected chi connectivity index (χ2v) is 24.9. The molecule has 74 heavy (non-hydrogen) atoms. The van der Waals surface area contributed by atoms with Crippen molar-refractivity contribution in [3.8, 4) is 56.4 Å². The summed E-state index contributed by atoms with van der Waals surface area (Å²) in [5, 5.41) is 5.10. The Hall–Kier alpha value is -7.12. The third-order valence-corrected chi connectivity index (χ3v) is 15.4. The number of hydrogen-bond acceptors (Lipinski definition) is 4. The Kier molecular flexibility index (Phi) is 11.8. The third kappa shape index (κ3) is 8.86. The zero-order valence-electron chi connectivity index (χ0n) is 44.5. The lowest BCUT2D eigenvalue weighted by atomic mass is 9.86. The molecule has 0 amide bonds. The Morgan fingerprint density at radius 3 is 0.716 bits per heavy atom. The monoisotopic (exact) mass is 1010 g/mol. The van der Waals surface area contributed by atoms with Gasteiger partial charge in [0.1, 0.15) is 0 Å². The van der Waals surface area contributed by atoms with Gasteiger partial charge in [-0.15, -0.1) is 0 Å². The zero-order valence-corrected chi connectivity index (χ0v) is 46.0. The first-order valence-electron chi connectivity index (χ1n) is 25.6. The molecule has 6 aromatic heterocycles. The Bertz CT molecular complexity index is 3480. The summed E-state index contributed by atoms with van der Waals surface area (Å²) in [7, 11) is 0. The van der Waals surface area contributed by atoms with Crippen LogP contribution in [0.25, 0.3) is 100 Å². The van der Waals surface area contributed by atoms with Crippen LogP contribution >= 0.6 is 23.2 Å². The molecular formula is C66H62Cl2N6. The van der Waals surface area contributed by atoms with Gasteiger partial charge in [-0.1, -0.05) is 203 Å². The van der Waals surface area contributed by atoms with E-state index >= 15 is 0 Å². The summed E-state index contributed by atoms with van der Waals surface area (Å²) < 4.78 is 4.35. The summed E-state index contributed by atoms with van der Waals surface area (Å²) in [4.78, 5) is 20.5. The van der Waals surface area contributed by atoms with Crippen molar-refractivity contribution in [1.29, 1.82) is 0 Å². The van der Waals surface area contributed by atoms with E-state index in [2.05, 4.69) is 220 Å². The quantitative estimate of drug-likeness (QED) is 0.167. The van der Waals surface area contributed by atoms with Crippen LogP contribution in [0.1, 0.15) is 105 Å². The van der Waals surface area contributed by atoms with Gasteiger partial charge in [0.15, 0.2) is 0 Å². The highest BCUT2D eigenvalue weighted by Crippen LogP contribution is 2.43. The summed E-state index contributed by atoms with van der Waals surface area (Å²) >= 11 is 14.8. The summed E-state index contributed by atoms with van der Waals surface area (Å²) in [6, 6.07) is 47.8. The molecule has 0 atom stereocenters. The minimum atomic E-state index is 0.0322. The SMILES string of the molecule is CC(C)(C)c1ccc(-c2cc3c4cc(-c5ccc(C(C)(C)C)cc5)ncc4n(-c4cc(-n5c6cnc(-c7ccc(C(C)(C)C)cc7)cc6c6cc(-c7ccc(C(C)(C)C)cc7)ncc65)c(Cl)cc4Cl)c3cn2)cc1. The Morgan fingerprint density at radius 2 is 0.514 bits per heavy atom. The average Bonchev–Trinajstić information content (AvgIpc) is 3.88. The fourth-order valence-electron chi connectivity index (χ4n) is 10.2. The molecule has 11 rings (SSSR count). The van der Waals surface area contributed by atoms with Crippen LogP contribution in [-0.4, -0.2) is 29.1 Å². The van der Waals surface area contributed by atoms with Gasteiger partial charge in [-0.25, -0.2) is 0 Å². The number of pyridine rings is 4. The Morgan fingerprint density at radius 1 is 0.297 bits per heavy atom. The van der Waals surface area contributed by atoms with Gasteiger partial charge in [-0.2, -0.15) is 0 Å². The average molecular weight is 1010 g/mol. The first kappa shape index (κ1) is 49.1. The maximum atomic E-state index is 7.42. The van der Waals surface area contributed by atoms with E-state index in [9.17, 15) is 0 Å². The van der Waals surface area contributed by atoms with Gasteiger partial charge in [-0.05, 0) is 80.3 Å². The molecule has 8 heteroatoms. The van der Waals surface area contributed by atoms with Crippen molar-refractivity contribution in [2.75, 3.05) is 0 Å². The predicted octanol–water partition coefficient (Wildman–Crippen LogP) is 18.6. The van der Waals surface area contributed by atoms with Crippen LogP contribution in [0.4, 0.5) is 0 Å². The number of rotatable bonds is 6. The molecule has 6 nitrogen and oxygen atoms in total. The lowest BCUT2D eigenvalue weighted by Gasteiger charge is -2.19. The van der Waals surface area contributed by atoms with E-state index in [1.165, 1.54) is 22.3 Å². The van der Waals surface area contributed by atoms with Gasteiger partial charge in [-0.3, -0.25) is 19.9 Å². The highest BCUT2D eigenvalue weighted by Gasteiger charge is 2.24. The zero-order chi connectivity index (χ0) is 52.2. The second-order valence-electron chi connectivity index (χ2n) is 24.1. The lowest BCUT2D eigenvalue weighted by Crippen LogP contribution is -2.10. The molecule has 0 aliphatic heterocycles. The molecular weight excluding hydrogens is 948 g/mol. The van der Waals surface area contributed by atoms with E-state index < -0.39 is 0 Å². The van der Waals surface area contributed by atoms with Crippen LogP contribution in [0, 0.1) is 0 Å². The summed E-state index contributed by atoms with van der Waals surface area (Å²) in [5.74, 6) is 0. The molecule has 0 aliphatic rings. The van der Waals surface area contributed by atoms with Gasteiger partial charge in [0.25, 0.3) is 0 Å². The highest BCUT2D eigenvalue weighted by atomic mass is 35.5. The Labute approximate surface area is 445 Å². The third-order valence-electron chi connectivity index (χ3n) is 14.8. The molecule has 11 aromatic rings. The van der Waals surface area contributed by atoms with Gasteiger partial charge in [0, 0.05) is 43.8 Å². The van der Waals surface area contributed by atoms with Crippen LogP contribution in [0.2, 0.25) is 10.0 Å².